The SMILES string of the molecule is O=C(c1ccc[n+]([O-])c1)N1CCC(n2nnc3ccsc3c2=O)CC1. The highest BCUT2D eigenvalue weighted by atomic mass is 32.1. The summed E-state index contributed by atoms with van der Waals surface area (Å²) in [4.78, 5) is 26.7. The van der Waals surface area contributed by atoms with Crippen LogP contribution in [0.15, 0.2) is 40.8 Å². The molecule has 4 heterocycles. The van der Waals surface area contributed by atoms with E-state index in [0.29, 0.717) is 46.4 Å². The van der Waals surface area contributed by atoms with Crippen LogP contribution in [0, 0.1) is 5.21 Å². The number of hydrogen-bond donors (Lipinski definition) is 0. The van der Waals surface area contributed by atoms with Crippen LogP contribution in [0.3, 0.4) is 0 Å². The van der Waals surface area contributed by atoms with Crippen molar-refractivity contribution in [3.8, 4) is 0 Å². The predicted octanol–water partition coefficient (Wildman–Crippen LogP) is 0.964. The summed E-state index contributed by atoms with van der Waals surface area (Å²) in [6.45, 7) is 1.02. The average Bonchev–Trinajstić information content (AvgIpc) is 3.11. The van der Waals surface area contributed by atoms with E-state index in [9.17, 15) is 14.8 Å². The molecule has 0 N–H and O–H groups in total. The van der Waals surface area contributed by atoms with Crippen molar-refractivity contribution in [1.29, 1.82) is 0 Å². The second-order valence-corrected chi connectivity index (χ2v) is 6.87. The number of fused-ring (bicyclic) bond motifs is 1. The zero-order chi connectivity index (χ0) is 17.4. The number of carbonyl (C=O) groups is 1. The van der Waals surface area contributed by atoms with Crippen LogP contribution in [-0.4, -0.2) is 38.9 Å². The van der Waals surface area contributed by atoms with E-state index in [2.05, 4.69) is 10.3 Å². The molecule has 0 atom stereocenters. The van der Waals surface area contributed by atoms with E-state index in [1.54, 1.807) is 23.1 Å². The van der Waals surface area contributed by atoms with E-state index >= 15 is 0 Å². The Balaban J connectivity index is 1.50. The van der Waals surface area contributed by atoms with Crippen LogP contribution < -0.4 is 10.3 Å². The standard InChI is InChI=1S/C16H15N5O3S/c22-15(11-2-1-6-20(24)10-11)19-7-3-12(4-8-19)21-16(23)14-13(17-18-21)5-9-25-14/h1-2,5-6,9-10,12H,3-4,7-8H2. The van der Waals surface area contributed by atoms with Crippen LogP contribution in [0.4, 0.5) is 0 Å². The Morgan fingerprint density at radius 3 is 2.88 bits per heavy atom. The number of aromatic nitrogens is 4. The number of likely N-dealkylation sites (tertiary alicyclic amines) is 1. The normalized spacial score (nSPS) is 15.6. The van der Waals surface area contributed by atoms with Crippen LogP contribution in [0.1, 0.15) is 29.2 Å². The van der Waals surface area contributed by atoms with Crippen molar-refractivity contribution in [2.45, 2.75) is 18.9 Å². The van der Waals surface area contributed by atoms with Crippen LogP contribution in [0.25, 0.3) is 10.2 Å². The summed E-state index contributed by atoms with van der Waals surface area (Å²) in [7, 11) is 0. The Morgan fingerprint density at radius 2 is 2.12 bits per heavy atom. The van der Waals surface area contributed by atoms with Crippen LogP contribution in [-0.2, 0) is 0 Å². The lowest BCUT2D eigenvalue weighted by molar-refractivity contribution is -0.605. The molecule has 0 unspecified atom stereocenters. The Bertz CT molecular complexity index is 991. The molecule has 1 aliphatic heterocycles. The Kier molecular flexibility index (Phi) is 3.92. The molecule has 3 aromatic rings. The number of rotatable bonds is 2. The molecule has 9 heteroatoms. The molecule has 1 amide bonds. The predicted molar refractivity (Wildman–Crippen MR) is 91.3 cm³/mol. The molecule has 0 radical (unpaired) electrons. The first-order valence-electron chi connectivity index (χ1n) is 7.94. The van der Waals surface area contributed by atoms with Gasteiger partial charge in [0.05, 0.1) is 6.04 Å². The lowest BCUT2D eigenvalue weighted by Crippen LogP contribution is -2.42. The van der Waals surface area contributed by atoms with Crippen LogP contribution in [0.2, 0.25) is 0 Å². The largest absolute Gasteiger partial charge is 0.619 e. The number of hydrogen-bond acceptors (Lipinski definition) is 6. The Labute approximate surface area is 146 Å². The molecule has 0 spiro atoms. The lowest BCUT2D eigenvalue weighted by Gasteiger charge is -2.31. The van der Waals surface area contributed by atoms with E-state index in [1.165, 1.54) is 28.4 Å². The molecular formula is C16H15N5O3S. The van der Waals surface area contributed by atoms with Crippen molar-refractivity contribution in [3.05, 3.63) is 57.1 Å². The lowest BCUT2D eigenvalue weighted by atomic mass is 10.0. The molecule has 3 aromatic heterocycles. The third-order valence-electron chi connectivity index (χ3n) is 4.42. The molecule has 25 heavy (non-hydrogen) atoms. The molecule has 0 aromatic carbocycles. The highest BCUT2D eigenvalue weighted by Crippen LogP contribution is 2.22. The summed E-state index contributed by atoms with van der Waals surface area (Å²) in [6, 6.07) is 4.89. The maximum Gasteiger partial charge on any atom is 0.287 e. The summed E-state index contributed by atoms with van der Waals surface area (Å²) in [5.41, 5.74) is 0.863. The first-order valence-corrected chi connectivity index (χ1v) is 8.82. The minimum Gasteiger partial charge on any atom is -0.619 e. The summed E-state index contributed by atoms with van der Waals surface area (Å²) in [5, 5.41) is 21.3. The van der Waals surface area contributed by atoms with E-state index in [0.717, 1.165) is 0 Å². The number of thiophene rings is 1. The second-order valence-electron chi connectivity index (χ2n) is 5.95. The molecule has 1 aliphatic rings. The van der Waals surface area contributed by atoms with Gasteiger partial charge in [0.1, 0.15) is 15.8 Å². The number of nitrogens with zero attached hydrogens (tertiary/aromatic N) is 5. The topological polar surface area (TPSA) is 95.0 Å². The third-order valence-corrected chi connectivity index (χ3v) is 5.31. The van der Waals surface area contributed by atoms with E-state index in [1.807, 2.05) is 5.38 Å². The maximum atomic E-state index is 12.5. The van der Waals surface area contributed by atoms with Crippen LogP contribution >= 0.6 is 11.3 Å². The first-order chi connectivity index (χ1) is 12.1. The van der Waals surface area contributed by atoms with Crippen molar-refractivity contribution >= 4 is 27.5 Å². The van der Waals surface area contributed by atoms with E-state index in [4.69, 9.17) is 0 Å². The van der Waals surface area contributed by atoms with Crippen molar-refractivity contribution in [2.24, 2.45) is 0 Å². The van der Waals surface area contributed by atoms with E-state index in [-0.39, 0.29) is 17.5 Å². The summed E-state index contributed by atoms with van der Waals surface area (Å²) < 4.78 is 2.66. The highest BCUT2D eigenvalue weighted by molar-refractivity contribution is 7.17. The van der Waals surface area contributed by atoms with Gasteiger partial charge in [0.25, 0.3) is 11.5 Å². The Morgan fingerprint density at radius 1 is 1.32 bits per heavy atom. The van der Waals surface area contributed by atoms with Gasteiger partial charge in [0.15, 0.2) is 12.4 Å². The highest BCUT2D eigenvalue weighted by Gasteiger charge is 2.27. The first kappa shape index (κ1) is 15.7. The number of amides is 1. The fraction of sp³-hybridized carbons (Fsp3) is 0.312. The molecule has 4 rings (SSSR count). The molecule has 8 nitrogen and oxygen atoms in total. The van der Waals surface area contributed by atoms with Crippen molar-refractivity contribution < 1.29 is 9.52 Å². The van der Waals surface area contributed by atoms with Gasteiger partial charge in [0.2, 0.25) is 0 Å². The van der Waals surface area contributed by atoms with Gasteiger partial charge in [-0.3, -0.25) is 9.59 Å². The fourth-order valence-corrected chi connectivity index (χ4v) is 3.86. The summed E-state index contributed by atoms with van der Waals surface area (Å²) in [6.07, 6.45) is 3.87. The number of piperidine rings is 1. The molecular weight excluding hydrogens is 342 g/mol. The zero-order valence-electron chi connectivity index (χ0n) is 13.2. The minimum atomic E-state index is -0.171. The maximum absolute atomic E-state index is 12.5. The molecule has 0 saturated carbocycles. The molecule has 128 valence electrons. The number of pyridine rings is 1. The van der Waals surface area contributed by atoms with Gasteiger partial charge < -0.3 is 10.1 Å². The molecule has 0 bridgehead atoms. The smallest absolute Gasteiger partial charge is 0.287 e. The van der Waals surface area contributed by atoms with Gasteiger partial charge >= 0.3 is 0 Å². The summed E-state index contributed by atoms with van der Waals surface area (Å²) in [5.74, 6) is -0.171. The molecule has 1 saturated heterocycles. The van der Waals surface area contributed by atoms with Crippen LogP contribution in [0.5, 0.6) is 0 Å². The zero-order valence-corrected chi connectivity index (χ0v) is 14.1. The van der Waals surface area contributed by atoms with Crippen molar-refractivity contribution in [1.82, 2.24) is 19.9 Å². The van der Waals surface area contributed by atoms with Gasteiger partial charge in [-0.2, -0.15) is 4.73 Å². The van der Waals surface area contributed by atoms with Gasteiger partial charge in [0, 0.05) is 19.2 Å². The van der Waals surface area contributed by atoms with Gasteiger partial charge in [-0.05, 0) is 30.4 Å². The number of carbonyl (C=O) groups excluding carboxylic acids is 1. The fourth-order valence-electron chi connectivity index (χ4n) is 3.10. The summed E-state index contributed by atoms with van der Waals surface area (Å²) >= 11 is 1.36. The second kappa shape index (κ2) is 6.25. The molecule has 0 aliphatic carbocycles. The Hall–Kier alpha value is -2.81. The third kappa shape index (κ3) is 2.86. The quantitative estimate of drug-likeness (QED) is 0.503. The van der Waals surface area contributed by atoms with Gasteiger partial charge in [-0.25, -0.2) is 4.68 Å². The van der Waals surface area contributed by atoms with Crippen molar-refractivity contribution in [2.75, 3.05) is 13.1 Å². The van der Waals surface area contributed by atoms with Gasteiger partial charge in [-0.1, -0.05) is 5.21 Å². The average molecular weight is 357 g/mol. The minimum absolute atomic E-state index is 0.0734. The molecule has 1 fully saturated rings. The monoisotopic (exact) mass is 357 g/mol. The van der Waals surface area contributed by atoms with Gasteiger partial charge in [-0.15, -0.1) is 16.4 Å². The van der Waals surface area contributed by atoms with E-state index < -0.39 is 0 Å². The van der Waals surface area contributed by atoms with Crippen molar-refractivity contribution in [3.63, 3.8) is 0 Å².